The minimum atomic E-state index is 0.132. The molecule has 1 atom stereocenters. The van der Waals surface area contributed by atoms with Crippen LogP contribution in [0.4, 0.5) is 0 Å². The van der Waals surface area contributed by atoms with Crippen LogP contribution in [-0.4, -0.2) is 48.7 Å². The van der Waals surface area contributed by atoms with Gasteiger partial charge in [-0.2, -0.15) is 0 Å². The Kier molecular flexibility index (Phi) is 3.32. The van der Waals surface area contributed by atoms with E-state index >= 15 is 0 Å². The average Bonchev–Trinajstić information content (AvgIpc) is 3.26. The average molecular weight is 369 g/mol. The van der Waals surface area contributed by atoms with Gasteiger partial charge in [-0.15, -0.1) is 11.3 Å². The molecule has 1 N–H and O–H groups in total. The Hall–Kier alpha value is -1.43. The molecule has 1 aromatic carbocycles. The number of piperidine rings is 3. The predicted octanol–water partition coefficient (Wildman–Crippen LogP) is 3.37. The highest BCUT2D eigenvalue weighted by atomic mass is 32.1. The van der Waals surface area contributed by atoms with E-state index in [1.54, 1.807) is 11.3 Å². The molecule has 5 aliphatic rings. The van der Waals surface area contributed by atoms with Crippen LogP contribution in [0, 0.1) is 5.92 Å². The van der Waals surface area contributed by atoms with E-state index in [1.165, 1.54) is 54.4 Å². The molecule has 2 aromatic rings. The van der Waals surface area contributed by atoms with Crippen LogP contribution in [0.3, 0.4) is 0 Å². The lowest BCUT2D eigenvalue weighted by molar-refractivity contribution is -0.00138. The lowest BCUT2D eigenvalue weighted by atomic mass is 9.77. The van der Waals surface area contributed by atoms with Gasteiger partial charge < -0.3 is 10.1 Å². The molecule has 0 radical (unpaired) electrons. The summed E-state index contributed by atoms with van der Waals surface area (Å²) in [7, 11) is 0. The topological polar surface area (TPSA) is 41.6 Å². The highest BCUT2D eigenvalue weighted by Gasteiger charge is 2.60. The number of fused-ring (bicyclic) bond motifs is 3. The monoisotopic (exact) mass is 368 g/mol. The van der Waals surface area contributed by atoms with E-state index in [0.717, 1.165) is 18.1 Å². The van der Waals surface area contributed by atoms with Gasteiger partial charge in [0.25, 0.3) is 5.91 Å². The first-order valence-electron chi connectivity index (χ1n) is 9.91. The highest BCUT2D eigenvalue weighted by molar-refractivity contribution is 7.21. The van der Waals surface area contributed by atoms with Gasteiger partial charge in [0.1, 0.15) is 0 Å². The molecule has 1 saturated carbocycles. The van der Waals surface area contributed by atoms with E-state index in [0.29, 0.717) is 23.4 Å². The Balaban J connectivity index is 1.29. The summed E-state index contributed by atoms with van der Waals surface area (Å²) in [6.45, 7) is 4.07. The van der Waals surface area contributed by atoms with Crippen LogP contribution in [0.25, 0.3) is 10.1 Å². The van der Waals surface area contributed by atoms with Crippen LogP contribution in [0.5, 0.6) is 0 Å². The van der Waals surface area contributed by atoms with Gasteiger partial charge in [-0.3, -0.25) is 9.69 Å². The van der Waals surface area contributed by atoms with Gasteiger partial charge in [0.15, 0.2) is 0 Å². The number of carbonyl (C=O) groups excluding carboxylic acids is 1. The van der Waals surface area contributed by atoms with E-state index in [2.05, 4.69) is 34.5 Å². The third-order valence-corrected chi connectivity index (χ3v) is 8.34. The lowest BCUT2D eigenvalue weighted by Gasteiger charge is -2.52. The number of nitrogens with one attached hydrogen (secondary N) is 1. The molecule has 0 unspecified atom stereocenters. The summed E-state index contributed by atoms with van der Waals surface area (Å²) in [6.07, 6.45) is 5.00. The molecule has 1 aromatic heterocycles. The van der Waals surface area contributed by atoms with Gasteiger partial charge in [0.05, 0.1) is 24.1 Å². The zero-order chi connectivity index (χ0) is 17.3. The second-order valence-electron chi connectivity index (χ2n) is 8.49. The summed E-state index contributed by atoms with van der Waals surface area (Å²) in [5.74, 6) is 1.29. The Morgan fingerprint density at radius 3 is 2.73 bits per heavy atom. The summed E-state index contributed by atoms with van der Waals surface area (Å²) in [5.41, 5.74) is 1.64. The molecule has 5 heteroatoms. The van der Waals surface area contributed by atoms with Crippen molar-refractivity contribution in [2.75, 3.05) is 26.3 Å². The van der Waals surface area contributed by atoms with Gasteiger partial charge >= 0.3 is 0 Å². The van der Waals surface area contributed by atoms with Crippen LogP contribution in [0.1, 0.15) is 46.8 Å². The van der Waals surface area contributed by atoms with Crippen molar-refractivity contribution in [1.82, 2.24) is 10.2 Å². The third kappa shape index (κ3) is 2.17. The van der Waals surface area contributed by atoms with E-state index in [1.807, 2.05) is 0 Å². The molecule has 2 bridgehead atoms. The van der Waals surface area contributed by atoms with Gasteiger partial charge in [0.2, 0.25) is 0 Å². The third-order valence-electron chi connectivity index (χ3n) is 7.14. The van der Waals surface area contributed by atoms with Crippen LogP contribution in [0.2, 0.25) is 0 Å². The van der Waals surface area contributed by atoms with Crippen molar-refractivity contribution in [2.45, 2.75) is 43.2 Å². The van der Waals surface area contributed by atoms with Crippen molar-refractivity contribution in [1.29, 1.82) is 0 Å². The number of thiophene rings is 1. The van der Waals surface area contributed by atoms with E-state index in [-0.39, 0.29) is 5.91 Å². The normalized spacial score (nSPS) is 31.9. The minimum absolute atomic E-state index is 0.132. The van der Waals surface area contributed by atoms with E-state index in [9.17, 15) is 4.79 Å². The summed E-state index contributed by atoms with van der Waals surface area (Å²) in [5, 5.41) is 4.66. The fraction of sp³-hybridized carbons (Fsp3) is 0.571. The molecule has 5 fully saturated rings. The molecule has 4 nitrogen and oxygen atoms in total. The number of ether oxygens (including phenoxy) is 1. The van der Waals surface area contributed by atoms with Gasteiger partial charge in [-0.25, -0.2) is 0 Å². The summed E-state index contributed by atoms with van der Waals surface area (Å²) < 4.78 is 6.64. The number of benzene rings is 1. The summed E-state index contributed by atoms with van der Waals surface area (Å²) in [6, 6.07) is 8.86. The quantitative estimate of drug-likeness (QED) is 0.903. The zero-order valence-electron chi connectivity index (χ0n) is 14.9. The fourth-order valence-corrected chi connectivity index (χ4v) is 6.62. The van der Waals surface area contributed by atoms with E-state index in [4.69, 9.17) is 4.74 Å². The number of rotatable bonds is 3. The second kappa shape index (κ2) is 5.54. The Bertz CT molecular complexity index is 875. The largest absolute Gasteiger partial charge is 0.380 e. The Labute approximate surface area is 157 Å². The summed E-state index contributed by atoms with van der Waals surface area (Å²) >= 11 is 1.66. The minimum Gasteiger partial charge on any atom is -0.380 e. The number of hydrogen-bond donors (Lipinski definition) is 1. The molecule has 7 rings (SSSR count). The molecule has 4 aliphatic heterocycles. The molecule has 1 amide bonds. The van der Waals surface area contributed by atoms with Gasteiger partial charge in [0, 0.05) is 16.2 Å². The molecule has 136 valence electrons. The van der Waals surface area contributed by atoms with E-state index < -0.39 is 0 Å². The van der Waals surface area contributed by atoms with Crippen LogP contribution in [0.15, 0.2) is 24.3 Å². The number of amides is 1. The summed E-state index contributed by atoms with van der Waals surface area (Å²) in [4.78, 5) is 16.6. The first kappa shape index (κ1) is 15.6. The zero-order valence-corrected chi connectivity index (χ0v) is 15.7. The van der Waals surface area contributed by atoms with Gasteiger partial charge in [-0.05, 0) is 61.7 Å². The molecular weight excluding hydrogens is 344 g/mol. The van der Waals surface area contributed by atoms with Crippen molar-refractivity contribution in [3.8, 4) is 0 Å². The standard InChI is InChI=1S/C21H24N2O2S/c24-20(22-19-13-4-8-23(9-5-13)21(19)6-7-21)17-10-14-2-1-3-16(18(14)26-17)15-11-25-12-15/h1-3,10,13,15,19H,4-9,11-12H2,(H,22,24)/t19-/m1/s1. The Morgan fingerprint density at radius 1 is 1.23 bits per heavy atom. The van der Waals surface area contributed by atoms with Crippen molar-refractivity contribution in [3.63, 3.8) is 0 Å². The van der Waals surface area contributed by atoms with Crippen molar-refractivity contribution in [2.24, 2.45) is 5.92 Å². The Morgan fingerprint density at radius 2 is 2.04 bits per heavy atom. The lowest BCUT2D eigenvalue weighted by Crippen LogP contribution is -2.65. The van der Waals surface area contributed by atoms with Crippen LogP contribution >= 0.6 is 11.3 Å². The van der Waals surface area contributed by atoms with Crippen LogP contribution in [-0.2, 0) is 4.74 Å². The van der Waals surface area contributed by atoms with Crippen molar-refractivity contribution in [3.05, 3.63) is 34.7 Å². The smallest absolute Gasteiger partial charge is 0.261 e. The molecule has 4 saturated heterocycles. The van der Waals surface area contributed by atoms with Crippen molar-refractivity contribution < 1.29 is 9.53 Å². The highest BCUT2D eigenvalue weighted by Crippen LogP contribution is 2.53. The van der Waals surface area contributed by atoms with Crippen molar-refractivity contribution >= 4 is 27.3 Å². The number of hydrogen-bond acceptors (Lipinski definition) is 4. The predicted molar refractivity (Wildman–Crippen MR) is 103 cm³/mol. The molecule has 5 heterocycles. The molecular formula is C21H24N2O2S. The first-order valence-corrected chi connectivity index (χ1v) is 10.7. The first-order chi connectivity index (χ1) is 12.7. The fourth-order valence-electron chi connectivity index (χ4n) is 5.47. The second-order valence-corrected chi connectivity index (χ2v) is 9.54. The number of nitrogens with zero attached hydrogens (tertiary/aromatic N) is 1. The maximum atomic E-state index is 13.1. The molecule has 1 spiro atoms. The maximum Gasteiger partial charge on any atom is 0.261 e. The number of carbonyl (C=O) groups is 1. The molecule has 1 aliphatic carbocycles. The van der Waals surface area contributed by atoms with Crippen LogP contribution < -0.4 is 5.32 Å². The SMILES string of the molecule is O=C(N[C@@H]1C2CCN(CC2)C12CC2)c1cc2cccc(C3COC3)c2s1. The molecule has 26 heavy (non-hydrogen) atoms. The van der Waals surface area contributed by atoms with Gasteiger partial charge in [-0.1, -0.05) is 18.2 Å². The maximum absolute atomic E-state index is 13.1.